The van der Waals surface area contributed by atoms with E-state index in [9.17, 15) is 14.9 Å². The number of aromatic nitrogens is 1. The first-order valence-electron chi connectivity index (χ1n) is 10.4. The van der Waals surface area contributed by atoms with Crippen LogP contribution in [0.4, 0.5) is 10.8 Å². The minimum Gasteiger partial charge on any atom is -0.494 e. The molecule has 4 rings (SSSR count). The lowest BCUT2D eigenvalue weighted by atomic mass is 10.2. The van der Waals surface area contributed by atoms with Crippen molar-refractivity contribution in [2.24, 2.45) is 0 Å². The lowest BCUT2D eigenvalue weighted by molar-refractivity contribution is -0.384. The number of hydrogen-bond acceptors (Lipinski definition) is 7. The number of hydrogen-bond donors (Lipinski definition) is 0. The molecule has 1 aliphatic rings. The molecule has 0 N–H and O–H groups in total. The molecule has 0 aliphatic carbocycles. The summed E-state index contributed by atoms with van der Waals surface area (Å²) in [6.45, 7) is 3.59. The van der Waals surface area contributed by atoms with Crippen LogP contribution < -0.4 is 9.64 Å². The quantitative estimate of drug-likeness (QED) is 0.275. The molecule has 166 valence electrons. The third-order valence-corrected chi connectivity index (χ3v) is 6.11. The summed E-state index contributed by atoms with van der Waals surface area (Å²) < 4.78 is 12.3. The highest BCUT2D eigenvalue weighted by Crippen LogP contribution is 2.32. The van der Waals surface area contributed by atoms with Gasteiger partial charge >= 0.3 is 0 Å². The first kappa shape index (κ1) is 21.9. The van der Waals surface area contributed by atoms with E-state index in [1.807, 2.05) is 25.1 Å². The van der Waals surface area contributed by atoms with Crippen LogP contribution >= 0.6 is 11.3 Å². The largest absolute Gasteiger partial charge is 0.494 e. The maximum atomic E-state index is 13.2. The van der Waals surface area contributed by atoms with Crippen molar-refractivity contribution in [3.8, 4) is 5.75 Å². The minimum atomic E-state index is -0.458. The number of nitro groups is 1. The molecule has 0 saturated carbocycles. The second-order valence-corrected chi connectivity index (χ2v) is 8.34. The fourth-order valence-electron chi connectivity index (χ4n) is 3.52. The van der Waals surface area contributed by atoms with Crippen molar-refractivity contribution in [3.05, 3.63) is 64.2 Å². The molecule has 1 fully saturated rings. The lowest BCUT2D eigenvalue weighted by Gasteiger charge is -2.21. The van der Waals surface area contributed by atoms with Gasteiger partial charge in [0.2, 0.25) is 0 Å². The number of carbonyl (C=O) groups is 1. The van der Waals surface area contributed by atoms with E-state index in [4.69, 9.17) is 9.47 Å². The van der Waals surface area contributed by atoms with Gasteiger partial charge in [0.1, 0.15) is 5.75 Å². The standard InChI is InChI=1S/C23H23N3O5S/c1-2-30-18-9-10-20-21(14-18)32-23(24-20)25(15-19-7-4-12-31-19)22(27)11-8-16-5-3-6-17(13-16)26(28)29/h3,5-6,8-11,13-14,19H,2,4,7,12,15H2,1H3. The maximum absolute atomic E-state index is 13.2. The number of fused-ring (bicyclic) bond motifs is 1. The Balaban J connectivity index is 1.61. The first-order valence-corrected chi connectivity index (χ1v) is 11.2. The van der Waals surface area contributed by atoms with E-state index in [-0.39, 0.29) is 17.7 Å². The van der Waals surface area contributed by atoms with Crippen molar-refractivity contribution >= 4 is 44.4 Å². The molecule has 2 aromatic carbocycles. The summed E-state index contributed by atoms with van der Waals surface area (Å²) >= 11 is 1.42. The Hall–Kier alpha value is -3.30. The maximum Gasteiger partial charge on any atom is 0.270 e. The second kappa shape index (κ2) is 9.88. The molecule has 32 heavy (non-hydrogen) atoms. The number of ether oxygens (including phenoxy) is 2. The normalized spacial score (nSPS) is 16.0. The molecule has 0 radical (unpaired) electrons. The van der Waals surface area contributed by atoms with E-state index in [0.29, 0.717) is 30.5 Å². The lowest BCUT2D eigenvalue weighted by Crippen LogP contribution is -2.36. The van der Waals surface area contributed by atoms with Crippen LogP contribution in [0.2, 0.25) is 0 Å². The number of rotatable bonds is 8. The summed E-state index contributed by atoms with van der Waals surface area (Å²) in [7, 11) is 0. The van der Waals surface area contributed by atoms with E-state index in [2.05, 4.69) is 4.98 Å². The van der Waals surface area contributed by atoms with Gasteiger partial charge in [0, 0.05) is 24.8 Å². The summed E-state index contributed by atoms with van der Waals surface area (Å²) in [5.74, 6) is 0.508. The molecule has 0 spiro atoms. The number of benzene rings is 2. The third kappa shape index (κ3) is 5.12. The van der Waals surface area contributed by atoms with Gasteiger partial charge in [-0.1, -0.05) is 23.5 Å². The van der Waals surface area contributed by atoms with Gasteiger partial charge in [-0.15, -0.1) is 0 Å². The first-order chi connectivity index (χ1) is 15.5. The van der Waals surface area contributed by atoms with E-state index in [1.165, 1.54) is 29.5 Å². The Kier molecular flexibility index (Phi) is 6.77. The summed E-state index contributed by atoms with van der Waals surface area (Å²) in [6, 6.07) is 11.8. The molecule has 1 aliphatic heterocycles. The van der Waals surface area contributed by atoms with Crippen LogP contribution in [0.15, 0.2) is 48.5 Å². The van der Waals surface area contributed by atoms with Crippen LogP contribution in [0.5, 0.6) is 5.75 Å². The molecule has 2 heterocycles. The Morgan fingerprint density at radius 2 is 2.25 bits per heavy atom. The zero-order valence-corrected chi connectivity index (χ0v) is 18.4. The van der Waals surface area contributed by atoms with Crippen molar-refractivity contribution < 1.29 is 19.2 Å². The minimum absolute atomic E-state index is 0.0212. The van der Waals surface area contributed by atoms with Gasteiger partial charge in [0.15, 0.2) is 5.13 Å². The fourth-order valence-corrected chi connectivity index (χ4v) is 4.53. The number of carbonyl (C=O) groups excluding carboxylic acids is 1. The van der Waals surface area contributed by atoms with Crippen LogP contribution in [0.3, 0.4) is 0 Å². The summed E-state index contributed by atoms with van der Waals surface area (Å²) in [5, 5.41) is 11.6. The van der Waals surface area contributed by atoms with E-state index in [1.54, 1.807) is 23.1 Å². The van der Waals surface area contributed by atoms with E-state index >= 15 is 0 Å². The molecule has 1 saturated heterocycles. The van der Waals surface area contributed by atoms with Crippen LogP contribution in [0.1, 0.15) is 25.3 Å². The number of nitro benzene ring substituents is 1. The molecule has 0 bridgehead atoms. The van der Waals surface area contributed by atoms with Crippen molar-refractivity contribution in [1.82, 2.24) is 4.98 Å². The van der Waals surface area contributed by atoms with Gasteiger partial charge in [-0.05, 0) is 49.6 Å². The van der Waals surface area contributed by atoms with Crippen LogP contribution in [0.25, 0.3) is 16.3 Å². The van der Waals surface area contributed by atoms with Gasteiger partial charge in [0.25, 0.3) is 11.6 Å². The van der Waals surface area contributed by atoms with Gasteiger partial charge in [-0.25, -0.2) is 4.98 Å². The Morgan fingerprint density at radius 1 is 1.38 bits per heavy atom. The average molecular weight is 454 g/mol. The summed E-state index contributed by atoms with van der Waals surface area (Å²) in [4.78, 5) is 30.0. The average Bonchev–Trinajstić information content (AvgIpc) is 3.45. The summed E-state index contributed by atoms with van der Waals surface area (Å²) in [6.07, 6.45) is 4.81. The topological polar surface area (TPSA) is 94.8 Å². The van der Waals surface area contributed by atoms with Crippen molar-refractivity contribution in [1.29, 1.82) is 0 Å². The third-order valence-electron chi connectivity index (χ3n) is 5.07. The Morgan fingerprint density at radius 3 is 3.00 bits per heavy atom. The molecule has 8 nitrogen and oxygen atoms in total. The number of thiazole rings is 1. The molecule has 1 atom stereocenters. The monoisotopic (exact) mass is 453 g/mol. The highest BCUT2D eigenvalue weighted by atomic mass is 32.1. The zero-order chi connectivity index (χ0) is 22.5. The Bertz CT molecular complexity index is 1150. The van der Waals surface area contributed by atoms with E-state index in [0.717, 1.165) is 28.8 Å². The van der Waals surface area contributed by atoms with Crippen molar-refractivity contribution in [3.63, 3.8) is 0 Å². The van der Waals surface area contributed by atoms with Gasteiger partial charge in [0.05, 0.1) is 34.4 Å². The predicted molar refractivity (Wildman–Crippen MR) is 124 cm³/mol. The van der Waals surface area contributed by atoms with Crippen molar-refractivity contribution in [2.75, 3.05) is 24.7 Å². The number of amides is 1. The number of non-ortho nitro benzene ring substituents is 1. The smallest absolute Gasteiger partial charge is 0.270 e. The van der Waals surface area contributed by atoms with Crippen LogP contribution in [-0.2, 0) is 9.53 Å². The summed E-state index contributed by atoms with van der Waals surface area (Å²) in [5.41, 5.74) is 1.35. The van der Waals surface area contributed by atoms with Gasteiger partial charge in [-0.3, -0.25) is 19.8 Å². The van der Waals surface area contributed by atoms with Gasteiger partial charge in [-0.2, -0.15) is 0 Å². The SMILES string of the molecule is CCOc1ccc2nc(N(CC3CCCO3)C(=O)C=Cc3cccc([N+](=O)[O-])c3)sc2c1. The second-order valence-electron chi connectivity index (χ2n) is 7.33. The highest BCUT2D eigenvalue weighted by Gasteiger charge is 2.25. The number of anilines is 1. The number of nitrogens with zero attached hydrogens (tertiary/aromatic N) is 3. The molecular formula is C23H23N3O5S. The van der Waals surface area contributed by atoms with Gasteiger partial charge < -0.3 is 9.47 Å². The molecule has 1 amide bonds. The molecule has 9 heteroatoms. The molecular weight excluding hydrogens is 430 g/mol. The Labute approximate surface area is 189 Å². The molecule has 3 aromatic rings. The van der Waals surface area contributed by atoms with Crippen LogP contribution in [0, 0.1) is 10.1 Å². The van der Waals surface area contributed by atoms with Crippen molar-refractivity contribution in [2.45, 2.75) is 25.9 Å². The predicted octanol–water partition coefficient (Wildman–Crippen LogP) is 4.83. The van der Waals surface area contributed by atoms with E-state index < -0.39 is 4.92 Å². The molecule has 1 unspecified atom stereocenters. The van der Waals surface area contributed by atoms with Crippen LogP contribution in [-0.4, -0.2) is 41.7 Å². The highest BCUT2D eigenvalue weighted by molar-refractivity contribution is 7.22. The molecule has 1 aromatic heterocycles. The zero-order valence-electron chi connectivity index (χ0n) is 17.6. The fraction of sp³-hybridized carbons (Fsp3) is 0.304.